The second-order valence-corrected chi connectivity index (χ2v) is 4.54. The van der Waals surface area contributed by atoms with Gasteiger partial charge >= 0.3 is 0 Å². The van der Waals surface area contributed by atoms with Crippen molar-refractivity contribution in [2.45, 2.75) is 6.67 Å². The van der Waals surface area contributed by atoms with E-state index in [4.69, 9.17) is 4.74 Å². The number of alkyl halides is 1. The van der Waals surface area contributed by atoms with Crippen LogP contribution in [-0.4, -0.2) is 7.11 Å². The zero-order valence-electron chi connectivity index (χ0n) is 6.40. The summed E-state index contributed by atoms with van der Waals surface area (Å²) in [6, 6.07) is 3.65. The van der Waals surface area contributed by atoms with Crippen LogP contribution in [0.15, 0.2) is 12.1 Å². The summed E-state index contributed by atoms with van der Waals surface area (Å²) in [5.74, 6) is 0.803. The van der Waals surface area contributed by atoms with Gasteiger partial charge < -0.3 is 4.74 Å². The molecule has 12 heavy (non-hydrogen) atoms. The summed E-state index contributed by atoms with van der Waals surface area (Å²) in [4.78, 5) is 0. The molecule has 4 heteroatoms. The number of ether oxygens (including phenoxy) is 1. The lowest BCUT2D eigenvalue weighted by Crippen LogP contribution is -1.92. The summed E-state index contributed by atoms with van der Waals surface area (Å²) in [7, 11) is 1.61. The molecule has 0 saturated heterocycles. The van der Waals surface area contributed by atoms with E-state index in [1.54, 1.807) is 13.2 Å². The Morgan fingerprint density at radius 2 is 2.00 bits per heavy atom. The van der Waals surface area contributed by atoms with E-state index in [0.717, 1.165) is 18.5 Å². The summed E-state index contributed by atoms with van der Waals surface area (Å²) >= 11 is 4.23. The Morgan fingerprint density at radius 3 is 2.50 bits per heavy atom. The van der Waals surface area contributed by atoms with Crippen LogP contribution in [-0.2, 0) is 6.67 Å². The Bertz CT molecular complexity index is 259. The quantitative estimate of drug-likeness (QED) is 0.702. The summed E-state index contributed by atoms with van der Waals surface area (Å²) < 4.78 is 19.3. The Labute approximate surface area is 98.0 Å². The van der Waals surface area contributed by atoms with Gasteiger partial charge in [0.05, 0.1) is 10.7 Å². The van der Waals surface area contributed by atoms with Crippen LogP contribution in [0.3, 0.4) is 0 Å². The highest BCUT2D eigenvalue weighted by Crippen LogP contribution is 2.26. The molecular weight excluding hydrogens is 385 g/mol. The van der Waals surface area contributed by atoms with Gasteiger partial charge in [-0.05, 0) is 62.9 Å². The second kappa shape index (κ2) is 4.59. The third-order valence-corrected chi connectivity index (χ3v) is 3.31. The number of hydrogen-bond acceptors (Lipinski definition) is 1. The molecule has 0 saturated carbocycles. The second-order valence-electron chi connectivity index (χ2n) is 2.21. The van der Waals surface area contributed by atoms with Crippen molar-refractivity contribution in [3.8, 4) is 5.75 Å². The van der Waals surface area contributed by atoms with Gasteiger partial charge in [0.25, 0.3) is 0 Å². The van der Waals surface area contributed by atoms with E-state index < -0.39 is 6.67 Å². The first kappa shape index (κ1) is 10.5. The monoisotopic (exact) mass is 392 g/mol. The predicted molar refractivity (Wildman–Crippen MR) is 63.2 cm³/mol. The Kier molecular flexibility index (Phi) is 4.01. The standard InChI is InChI=1S/C8H7FI2O/c1-12-8-3-6(10)5(4-9)2-7(8)11/h2-3H,4H2,1H3. The van der Waals surface area contributed by atoms with Gasteiger partial charge in [0.1, 0.15) is 12.4 Å². The number of halogens is 3. The molecule has 66 valence electrons. The first-order chi connectivity index (χ1) is 5.69. The summed E-state index contributed by atoms with van der Waals surface area (Å²) in [5, 5.41) is 0. The number of hydrogen-bond donors (Lipinski definition) is 0. The Balaban J connectivity index is 3.16. The maximum absolute atomic E-state index is 12.4. The smallest absolute Gasteiger partial charge is 0.133 e. The van der Waals surface area contributed by atoms with E-state index in [-0.39, 0.29) is 0 Å². The molecule has 0 amide bonds. The van der Waals surface area contributed by atoms with Gasteiger partial charge in [0.2, 0.25) is 0 Å². The molecule has 0 fully saturated rings. The van der Waals surface area contributed by atoms with Gasteiger partial charge in [-0.2, -0.15) is 0 Å². The van der Waals surface area contributed by atoms with Crippen LogP contribution >= 0.6 is 45.2 Å². The van der Waals surface area contributed by atoms with Crippen LogP contribution in [0.4, 0.5) is 4.39 Å². The lowest BCUT2D eigenvalue weighted by atomic mass is 10.2. The third-order valence-electron chi connectivity index (χ3n) is 1.46. The lowest BCUT2D eigenvalue weighted by molar-refractivity contribution is 0.410. The molecule has 0 bridgehead atoms. The largest absolute Gasteiger partial charge is 0.496 e. The van der Waals surface area contributed by atoms with Crippen molar-refractivity contribution >= 4 is 45.2 Å². The average Bonchev–Trinajstić information content (AvgIpc) is 2.08. The van der Waals surface area contributed by atoms with Crippen molar-refractivity contribution in [2.75, 3.05) is 7.11 Å². The molecule has 0 unspecified atom stereocenters. The van der Waals surface area contributed by atoms with E-state index in [2.05, 4.69) is 45.2 Å². The minimum absolute atomic E-state index is 0.418. The van der Waals surface area contributed by atoms with Gasteiger partial charge in [-0.1, -0.05) is 0 Å². The van der Waals surface area contributed by atoms with E-state index >= 15 is 0 Å². The van der Waals surface area contributed by atoms with Gasteiger partial charge in [0, 0.05) is 3.57 Å². The Hall–Kier alpha value is 0.410. The molecule has 1 aromatic rings. The van der Waals surface area contributed by atoms with Crippen LogP contribution in [0.1, 0.15) is 5.56 Å². The van der Waals surface area contributed by atoms with Crippen LogP contribution in [0.25, 0.3) is 0 Å². The summed E-state index contributed by atoms with van der Waals surface area (Å²) in [6.07, 6.45) is 0. The molecule has 1 nitrogen and oxygen atoms in total. The third kappa shape index (κ3) is 2.21. The number of methoxy groups -OCH3 is 1. The molecule has 0 N–H and O–H groups in total. The first-order valence-corrected chi connectivity index (χ1v) is 5.42. The van der Waals surface area contributed by atoms with Crippen molar-refractivity contribution in [1.29, 1.82) is 0 Å². The molecule has 0 atom stereocenters. The average molecular weight is 392 g/mol. The van der Waals surface area contributed by atoms with Gasteiger partial charge in [-0.25, -0.2) is 4.39 Å². The van der Waals surface area contributed by atoms with Crippen molar-refractivity contribution in [3.05, 3.63) is 24.8 Å². The SMILES string of the molecule is COc1cc(I)c(CF)cc1I. The van der Waals surface area contributed by atoms with Crippen LogP contribution in [0, 0.1) is 7.14 Å². The normalized spacial score (nSPS) is 10.0. The molecule has 0 aliphatic rings. The fourth-order valence-corrected chi connectivity index (χ4v) is 2.16. The van der Waals surface area contributed by atoms with Crippen molar-refractivity contribution in [1.82, 2.24) is 0 Å². The predicted octanol–water partition coefficient (Wildman–Crippen LogP) is 3.37. The first-order valence-electron chi connectivity index (χ1n) is 3.27. The van der Waals surface area contributed by atoms with Crippen molar-refractivity contribution in [2.24, 2.45) is 0 Å². The molecule has 0 aliphatic heterocycles. The number of benzene rings is 1. The zero-order valence-corrected chi connectivity index (χ0v) is 10.7. The summed E-state index contributed by atoms with van der Waals surface area (Å²) in [6.45, 7) is -0.418. The minimum Gasteiger partial charge on any atom is -0.496 e. The van der Waals surface area contributed by atoms with Crippen LogP contribution in [0.2, 0.25) is 0 Å². The van der Waals surface area contributed by atoms with E-state index in [1.165, 1.54) is 0 Å². The van der Waals surface area contributed by atoms with E-state index in [9.17, 15) is 4.39 Å². The molecule has 1 aromatic carbocycles. The molecule has 0 spiro atoms. The van der Waals surface area contributed by atoms with Gasteiger partial charge in [0.15, 0.2) is 0 Å². The molecule has 0 radical (unpaired) electrons. The molecular formula is C8H7FI2O. The molecule has 0 aliphatic carbocycles. The lowest BCUT2D eigenvalue weighted by Gasteiger charge is -2.06. The number of rotatable bonds is 2. The van der Waals surface area contributed by atoms with Crippen LogP contribution in [0.5, 0.6) is 5.75 Å². The summed E-state index contributed by atoms with van der Waals surface area (Å²) in [5.41, 5.74) is 0.723. The highest BCUT2D eigenvalue weighted by Gasteiger charge is 2.05. The highest BCUT2D eigenvalue weighted by molar-refractivity contribution is 14.1. The Morgan fingerprint density at radius 1 is 1.33 bits per heavy atom. The topological polar surface area (TPSA) is 9.23 Å². The molecule has 1 rings (SSSR count). The highest BCUT2D eigenvalue weighted by atomic mass is 127. The molecule has 0 aromatic heterocycles. The van der Waals surface area contributed by atoms with E-state index in [1.807, 2.05) is 6.07 Å². The van der Waals surface area contributed by atoms with E-state index in [0.29, 0.717) is 0 Å². The van der Waals surface area contributed by atoms with Crippen LogP contribution < -0.4 is 4.74 Å². The van der Waals surface area contributed by atoms with Crippen molar-refractivity contribution < 1.29 is 9.13 Å². The maximum Gasteiger partial charge on any atom is 0.133 e. The zero-order chi connectivity index (χ0) is 9.14. The van der Waals surface area contributed by atoms with Gasteiger partial charge in [-0.3, -0.25) is 0 Å². The fourth-order valence-electron chi connectivity index (χ4n) is 0.829. The van der Waals surface area contributed by atoms with Crippen molar-refractivity contribution in [3.63, 3.8) is 0 Å². The maximum atomic E-state index is 12.4. The fraction of sp³-hybridized carbons (Fsp3) is 0.250. The minimum atomic E-state index is -0.418. The molecule has 0 heterocycles. The van der Waals surface area contributed by atoms with Gasteiger partial charge in [-0.15, -0.1) is 0 Å².